The number of nitrogens with zero attached hydrogens (tertiary/aromatic N) is 1. The number of phenols is 1. The predicted octanol–water partition coefficient (Wildman–Crippen LogP) is 6.37. The fourth-order valence-corrected chi connectivity index (χ4v) is 13.2. The number of allylic oxidation sites excluding steroid dienone is 1. The van der Waals surface area contributed by atoms with Crippen LogP contribution < -0.4 is 10.4 Å². The molecule has 0 aromatic heterocycles. The Kier molecular flexibility index (Phi) is 11.0. The molecular weight excluding hydrogens is 697 g/mol. The molecule has 2 fully saturated rings. The van der Waals surface area contributed by atoms with E-state index >= 15 is 0 Å². The van der Waals surface area contributed by atoms with E-state index in [9.17, 15) is 24.5 Å². The molecule has 0 unspecified atom stereocenters. The number of aromatic hydroxyl groups is 1. The van der Waals surface area contributed by atoms with Crippen molar-refractivity contribution >= 4 is 61.4 Å². The molecule has 3 aliphatic rings. The molecule has 0 saturated carbocycles. The van der Waals surface area contributed by atoms with E-state index in [1.807, 2.05) is 49.4 Å². The Morgan fingerprint density at radius 3 is 2.23 bits per heavy atom. The number of phenolic OH excluding ortho intramolecular Hbond substituents is 1. The molecule has 3 aromatic carbocycles. The topological polar surface area (TPSA) is 123 Å². The summed E-state index contributed by atoms with van der Waals surface area (Å²) >= 11 is 6.39. The fraction of sp³-hybridized carbons (Fsp3) is 0.375. The summed E-state index contributed by atoms with van der Waals surface area (Å²) in [6.45, 7) is 8.75. The quantitative estimate of drug-likeness (QED) is 0.148. The Labute approximate surface area is 311 Å². The molecule has 0 radical (unpaired) electrons. The molecule has 6 rings (SSSR count). The SMILES string of the molecule is COC(=O)N1C(=O)[C@@H]2[C@@H](CC(CO[Si](c3ccccc3)(c3ccccc3)C(C)(C)C)=C3[C@@H](CC/C(C)=C/c4ccc(O)cc4Cl)OB(O)C[C@@H]32)C1=O. The molecule has 2 N–H and O–H groups in total. The minimum atomic E-state index is -3.02. The van der Waals surface area contributed by atoms with Gasteiger partial charge in [-0.2, -0.15) is 4.90 Å². The maximum Gasteiger partial charge on any atom is 0.455 e. The lowest BCUT2D eigenvalue weighted by atomic mass is 9.58. The van der Waals surface area contributed by atoms with Gasteiger partial charge in [-0.15, -0.1) is 0 Å². The number of rotatable bonds is 9. The highest BCUT2D eigenvalue weighted by Crippen LogP contribution is 2.51. The summed E-state index contributed by atoms with van der Waals surface area (Å²) in [5.74, 6) is -3.31. The van der Waals surface area contributed by atoms with E-state index in [4.69, 9.17) is 25.4 Å². The predicted molar refractivity (Wildman–Crippen MR) is 204 cm³/mol. The summed E-state index contributed by atoms with van der Waals surface area (Å²) in [5.41, 5.74) is 3.47. The van der Waals surface area contributed by atoms with Crippen LogP contribution in [0.3, 0.4) is 0 Å². The zero-order valence-electron chi connectivity index (χ0n) is 30.2. The second-order valence-corrected chi connectivity index (χ2v) is 19.7. The van der Waals surface area contributed by atoms with Gasteiger partial charge in [-0.1, -0.05) is 105 Å². The van der Waals surface area contributed by atoms with Gasteiger partial charge < -0.3 is 23.9 Å². The number of likely N-dealkylation sites (tertiary alicyclic amines) is 1. The van der Waals surface area contributed by atoms with Crippen LogP contribution in [0.1, 0.15) is 52.5 Å². The van der Waals surface area contributed by atoms with E-state index in [0.717, 1.165) is 39.8 Å². The van der Waals surface area contributed by atoms with Gasteiger partial charge in [-0.3, -0.25) is 9.59 Å². The second-order valence-electron chi connectivity index (χ2n) is 15.0. The van der Waals surface area contributed by atoms with Crippen molar-refractivity contribution in [2.75, 3.05) is 13.7 Å². The third-order valence-corrected chi connectivity index (χ3v) is 16.0. The smallest absolute Gasteiger partial charge is 0.455 e. The molecule has 9 nitrogen and oxygen atoms in total. The number of halogens is 1. The van der Waals surface area contributed by atoms with Gasteiger partial charge in [0, 0.05) is 0 Å². The summed E-state index contributed by atoms with van der Waals surface area (Å²) in [6, 6.07) is 25.4. The van der Waals surface area contributed by atoms with Crippen LogP contribution in [0.5, 0.6) is 5.75 Å². The largest absolute Gasteiger partial charge is 0.508 e. The van der Waals surface area contributed by atoms with Crippen molar-refractivity contribution in [3.63, 3.8) is 0 Å². The molecule has 3 amide bonds. The van der Waals surface area contributed by atoms with Gasteiger partial charge in [0.2, 0.25) is 11.8 Å². The normalized spacial score (nSPS) is 22.4. The number of carbonyl (C=O) groups is 3. The zero-order valence-corrected chi connectivity index (χ0v) is 31.9. The lowest BCUT2D eigenvalue weighted by molar-refractivity contribution is -0.137. The molecule has 0 spiro atoms. The number of amides is 3. The van der Waals surface area contributed by atoms with Crippen LogP contribution in [0.2, 0.25) is 16.4 Å². The van der Waals surface area contributed by atoms with Crippen molar-refractivity contribution in [1.29, 1.82) is 0 Å². The lowest BCUT2D eigenvalue weighted by Gasteiger charge is -2.46. The highest BCUT2D eigenvalue weighted by Gasteiger charge is 2.59. The Balaban J connectivity index is 1.43. The van der Waals surface area contributed by atoms with Gasteiger partial charge in [0.15, 0.2) is 0 Å². The molecule has 12 heteroatoms. The van der Waals surface area contributed by atoms with E-state index in [1.54, 1.807) is 12.1 Å². The van der Waals surface area contributed by atoms with Gasteiger partial charge in [-0.25, -0.2) is 4.79 Å². The van der Waals surface area contributed by atoms with Crippen molar-refractivity contribution in [2.45, 2.75) is 64.4 Å². The first-order valence-corrected chi connectivity index (χ1v) is 20.0. The van der Waals surface area contributed by atoms with E-state index in [2.05, 4.69) is 45.0 Å². The maximum absolute atomic E-state index is 13.9. The van der Waals surface area contributed by atoms with E-state index in [0.29, 0.717) is 22.8 Å². The number of carbonyl (C=O) groups excluding carboxylic acids is 3. The molecule has 52 heavy (non-hydrogen) atoms. The molecule has 2 saturated heterocycles. The minimum Gasteiger partial charge on any atom is -0.508 e. The Bertz CT molecular complexity index is 1860. The number of hydrogen-bond acceptors (Lipinski definition) is 8. The van der Waals surface area contributed by atoms with Crippen LogP contribution in [0.15, 0.2) is 95.6 Å². The van der Waals surface area contributed by atoms with E-state index in [-0.39, 0.29) is 30.1 Å². The van der Waals surface area contributed by atoms with Gasteiger partial charge >= 0.3 is 13.2 Å². The van der Waals surface area contributed by atoms with Crippen LogP contribution >= 0.6 is 11.6 Å². The first-order chi connectivity index (χ1) is 24.8. The Morgan fingerprint density at radius 1 is 1.02 bits per heavy atom. The van der Waals surface area contributed by atoms with Crippen molar-refractivity contribution in [3.05, 3.63) is 106 Å². The maximum atomic E-state index is 13.9. The second kappa shape index (κ2) is 15.2. The lowest BCUT2D eigenvalue weighted by Crippen LogP contribution is -2.66. The van der Waals surface area contributed by atoms with Crippen molar-refractivity contribution in [1.82, 2.24) is 4.90 Å². The number of ether oxygens (including phenoxy) is 1. The Hall–Kier alpha value is -4.00. The van der Waals surface area contributed by atoms with Crippen molar-refractivity contribution in [3.8, 4) is 5.75 Å². The monoisotopic (exact) mass is 741 g/mol. The van der Waals surface area contributed by atoms with E-state index < -0.39 is 57.2 Å². The van der Waals surface area contributed by atoms with Crippen molar-refractivity contribution in [2.24, 2.45) is 17.8 Å². The van der Waals surface area contributed by atoms with Crippen molar-refractivity contribution < 1.29 is 38.3 Å². The van der Waals surface area contributed by atoms with Crippen LogP contribution in [0.25, 0.3) is 6.08 Å². The molecule has 2 aliphatic heterocycles. The molecule has 3 aromatic rings. The number of hydrogen-bond donors (Lipinski definition) is 2. The molecule has 4 atom stereocenters. The van der Waals surface area contributed by atoms with Crippen LogP contribution in [-0.4, -0.2) is 68.2 Å². The average Bonchev–Trinajstić information content (AvgIpc) is 3.37. The van der Waals surface area contributed by atoms with Gasteiger partial charge in [0.05, 0.1) is 36.7 Å². The molecule has 272 valence electrons. The highest BCUT2D eigenvalue weighted by atomic mass is 35.5. The number of imide groups is 3. The standard InChI is InChI=1S/C40H45BClNO8Si/c1-25(20-26-17-18-28(44)22-33(26)42)16-19-34-35-27(21-31-36(32(35)23-41(48)51-34)38(46)43(37(31)45)39(47)49-5)24-50-52(40(2,3)4,29-12-8-6-9-13-29)30-14-10-7-11-15-30/h6-15,17-18,20,22,31-32,34,36,44,48H,16,19,21,23-24H2,1-5H3/b25-20+/t31-,32+,34-,36-/m1/s1. The number of fused-ring (bicyclic) bond motifs is 3. The number of methoxy groups -OCH3 is 1. The summed E-state index contributed by atoms with van der Waals surface area (Å²) in [4.78, 5) is 41.0. The first kappa shape index (κ1) is 37.7. The minimum absolute atomic E-state index is 0.0801. The number of benzene rings is 3. The fourth-order valence-electron chi connectivity index (χ4n) is 8.45. The Morgan fingerprint density at radius 2 is 1.65 bits per heavy atom. The van der Waals surface area contributed by atoms with Crippen LogP contribution in [0.4, 0.5) is 4.79 Å². The van der Waals surface area contributed by atoms with Crippen LogP contribution in [-0.2, 0) is 23.4 Å². The summed E-state index contributed by atoms with van der Waals surface area (Å²) < 4.78 is 18.5. The molecule has 1 aliphatic carbocycles. The van der Waals surface area contributed by atoms with Gasteiger partial charge in [0.25, 0.3) is 8.32 Å². The van der Waals surface area contributed by atoms with E-state index in [1.165, 1.54) is 6.07 Å². The zero-order chi connectivity index (χ0) is 37.4. The first-order valence-electron chi connectivity index (χ1n) is 17.7. The van der Waals surface area contributed by atoms with Gasteiger partial charge in [0.1, 0.15) is 5.75 Å². The summed E-state index contributed by atoms with van der Waals surface area (Å²) in [5, 5.41) is 23.2. The van der Waals surface area contributed by atoms with Gasteiger partial charge in [-0.05, 0) is 88.7 Å². The molecular formula is C40H45BClNO8Si. The third-order valence-electron chi connectivity index (χ3n) is 10.7. The average molecular weight is 742 g/mol. The summed E-state index contributed by atoms with van der Waals surface area (Å²) in [6.07, 6.45) is 1.72. The summed E-state index contributed by atoms with van der Waals surface area (Å²) in [7, 11) is -3.05. The molecule has 2 heterocycles. The molecule has 0 bridgehead atoms. The third kappa shape index (κ3) is 7.04. The highest BCUT2D eigenvalue weighted by molar-refractivity contribution is 6.99. The van der Waals surface area contributed by atoms with Crippen LogP contribution in [0, 0.1) is 17.8 Å².